The summed E-state index contributed by atoms with van der Waals surface area (Å²) in [5.74, 6) is 0.0318. The Morgan fingerprint density at radius 1 is 1.33 bits per heavy atom. The Kier molecular flexibility index (Phi) is 6.98. The predicted molar refractivity (Wildman–Crippen MR) is 86.5 cm³/mol. The second-order valence-electron chi connectivity index (χ2n) is 4.11. The second-order valence-corrected chi connectivity index (χ2v) is 5.14. The maximum absolute atomic E-state index is 10.6. The van der Waals surface area contributed by atoms with Crippen LogP contribution in [0.1, 0.15) is 19.5 Å². The highest BCUT2D eigenvalue weighted by Gasteiger charge is 2.11. The van der Waals surface area contributed by atoms with Gasteiger partial charge in [0.1, 0.15) is 17.3 Å². The van der Waals surface area contributed by atoms with Gasteiger partial charge in [0.05, 0.1) is 5.69 Å². The molecule has 5 nitrogen and oxygen atoms in total. The second kappa shape index (κ2) is 8.49. The van der Waals surface area contributed by atoms with Crippen LogP contribution in [0.2, 0.25) is 0 Å². The average Bonchev–Trinajstić information content (AvgIpc) is 2.50. The zero-order valence-electron chi connectivity index (χ0n) is 12.1. The molecular weight excluding hydrogens is 288 g/mol. The van der Waals surface area contributed by atoms with Crippen molar-refractivity contribution in [2.24, 2.45) is 5.73 Å². The molecule has 6 heteroatoms. The minimum Gasteiger partial charge on any atom is -0.506 e. The van der Waals surface area contributed by atoms with Crippen molar-refractivity contribution in [2.45, 2.75) is 25.6 Å². The summed E-state index contributed by atoms with van der Waals surface area (Å²) >= 11 is 1.41. The van der Waals surface area contributed by atoms with Crippen LogP contribution in [0.25, 0.3) is 10.9 Å². The summed E-state index contributed by atoms with van der Waals surface area (Å²) < 4.78 is 0. The lowest BCUT2D eigenvalue weighted by Gasteiger charge is -2.07. The van der Waals surface area contributed by atoms with Crippen LogP contribution < -0.4 is 5.73 Å². The number of nitrogens with zero attached hydrogens (tertiary/aromatic N) is 1. The van der Waals surface area contributed by atoms with Gasteiger partial charge in [-0.05, 0) is 12.1 Å². The summed E-state index contributed by atoms with van der Waals surface area (Å²) in [6.07, 6.45) is 0. The lowest BCUT2D eigenvalue weighted by molar-refractivity contribution is -0.137. The molecule has 114 valence electrons. The van der Waals surface area contributed by atoms with Crippen molar-refractivity contribution in [1.82, 2.24) is 4.98 Å². The molecule has 0 saturated heterocycles. The quantitative estimate of drug-likeness (QED) is 0.785. The first-order chi connectivity index (χ1) is 10.1. The van der Waals surface area contributed by atoms with Crippen molar-refractivity contribution in [3.63, 3.8) is 0 Å². The Morgan fingerprint density at radius 3 is 2.71 bits per heavy atom. The van der Waals surface area contributed by atoms with E-state index in [0.717, 1.165) is 11.1 Å². The standard InChI is InChI=1S/C13H14N2O3S.C2H6/c14-10(13(17)18)7-19-6-9-5-4-8-2-1-3-11(16)12(8)15-9;1-2/h1-5,10,16H,6-7,14H2,(H,17,18);1-2H3/t10-;/m0./s1. The summed E-state index contributed by atoms with van der Waals surface area (Å²) in [4.78, 5) is 14.9. The highest BCUT2D eigenvalue weighted by Crippen LogP contribution is 2.23. The third-order valence-corrected chi connectivity index (χ3v) is 3.72. The van der Waals surface area contributed by atoms with Crippen molar-refractivity contribution in [2.75, 3.05) is 5.75 Å². The molecule has 0 unspecified atom stereocenters. The van der Waals surface area contributed by atoms with E-state index in [1.54, 1.807) is 12.1 Å². The summed E-state index contributed by atoms with van der Waals surface area (Å²) in [5, 5.41) is 19.3. The molecule has 0 aliphatic heterocycles. The fourth-order valence-corrected chi connectivity index (χ4v) is 2.50. The number of aliphatic carboxylic acids is 1. The number of rotatable bonds is 5. The molecule has 0 aliphatic rings. The van der Waals surface area contributed by atoms with Crippen LogP contribution in [0.5, 0.6) is 5.75 Å². The summed E-state index contributed by atoms with van der Waals surface area (Å²) in [7, 11) is 0. The number of carboxylic acid groups (broad SMARTS) is 1. The maximum Gasteiger partial charge on any atom is 0.321 e. The number of phenols is 1. The Labute approximate surface area is 128 Å². The third kappa shape index (κ3) is 4.91. The molecule has 0 aliphatic carbocycles. The van der Waals surface area contributed by atoms with Crippen LogP contribution in [-0.4, -0.2) is 33.0 Å². The molecule has 0 fully saturated rings. The molecule has 1 aromatic carbocycles. The van der Waals surface area contributed by atoms with E-state index in [2.05, 4.69) is 4.98 Å². The number of para-hydroxylation sites is 1. The van der Waals surface area contributed by atoms with Gasteiger partial charge in [-0.3, -0.25) is 4.79 Å². The van der Waals surface area contributed by atoms with Crippen LogP contribution in [0.15, 0.2) is 30.3 Å². The van der Waals surface area contributed by atoms with E-state index < -0.39 is 12.0 Å². The number of benzene rings is 1. The van der Waals surface area contributed by atoms with Crippen LogP contribution in [0.4, 0.5) is 0 Å². The number of pyridine rings is 1. The van der Waals surface area contributed by atoms with E-state index in [1.807, 2.05) is 32.0 Å². The van der Waals surface area contributed by atoms with Crippen molar-refractivity contribution < 1.29 is 15.0 Å². The van der Waals surface area contributed by atoms with Crippen LogP contribution in [-0.2, 0) is 10.5 Å². The van der Waals surface area contributed by atoms with Gasteiger partial charge in [0, 0.05) is 16.9 Å². The topological polar surface area (TPSA) is 96.4 Å². The van der Waals surface area contributed by atoms with Crippen molar-refractivity contribution >= 4 is 28.6 Å². The number of hydrogen-bond acceptors (Lipinski definition) is 5. The van der Waals surface area contributed by atoms with Crippen molar-refractivity contribution in [1.29, 1.82) is 0 Å². The van der Waals surface area contributed by atoms with Gasteiger partial charge in [0.25, 0.3) is 0 Å². The lowest BCUT2D eigenvalue weighted by atomic mass is 10.2. The van der Waals surface area contributed by atoms with Crippen molar-refractivity contribution in [3.05, 3.63) is 36.0 Å². The lowest BCUT2D eigenvalue weighted by Crippen LogP contribution is -2.32. The first kappa shape index (κ1) is 17.3. The number of phenolic OH excluding ortho intramolecular Hbond substituents is 1. The smallest absolute Gasteiger partial charge is 0.321 e. The minimum absolute atomic E-state index is 0.145. The number of aromatic hydroxyl groups is 1. The molecule has 2 rings (SSSR count). The highest BCUT2D eigenvalue weighted by atomic mass is 32.2. The van der Waals surface area contributed by atoms with Crippen LogP contribution in [0, 0.1) is 0 Å². The van der Waals surface area contributed by atoms with Gasteiger partial charge >= 0.3 is 5.97 Å². The Balaban J connectivity index is 0.00000106. The van der Waals surface area contributed by atoms with Crippen LogP contribution in [0.3, 0.4) is 0 Å². The largest absolute Gasteiger partial charge is 0.506 e. The van der Waals surface area contributed by atoms with E-state index in [1.165, 1.54) is 11.8 Å². The monoisotopic (exact) mass is 308 g/mol. The summed E-state index contributed by atoms with van der Waals surface area (Å²) in [5.41, 5.74) is 6.76. The number of nitrogens with two attached hydrogens (primary N) is 1. The molecular formula is C15H20N2O3S. The number of aromatic nitrogens is 1. The predicted octanol–water partition coefficient (Wildman–Crippen LogP) is 2.61. The van der Waals surface area contributed by atoms with E-state index in [9.17, 15) is 9.90 Å². The average molecular weight is 308 g/mol. The van der Waals surface area contributed by atoms with Crippen LogP contribution >= 0.6 is 11.8 Å². The van der Waals surface area contributed by atoms with Crippen molar-refractivity contribution in [3.8, 4) is 5.75 Å². The number of carboxylic acids is 1. The Morgan fingerprint density at radius 2 is 2.05 bits per heavy atom. The van der Waals surface area contributed by atoms with Gasteiger partial charge in [-0.1, -0.05) is 32.0 Å². The number of fused-ring (bicyclic) bond motifs is 1. The molecule has 1 atom stereocenters. The third-order valence-electron chi connectivity index (χ3n) is 2.62. The summed E-state index contributed by atoms with van der Waals surface area (Å²) in [6, 6.07) is 8.11. The highest BCUT2D eigenvalue weighted by molar-refractivity contribution is 7.98. The van der Waals surface area contributed by atoms with E-state index >= 15 is 0 Å². The SMILES string of the molecule is CC.N[C@@H](CSCc1ccc2cccc(O)c2n1)C(=O)O. The van der Waals surface area contributed by atoms with Gasteiger partial charge in [-0.2, -0.15) is 11.8 Å². The van der Waals surface area contributed by atoms with Gasteiger partial charge in [-0.25, -0.2) is 4.98 Å². The fourth-order valence-electron chi connectivity index (χ4n) is 1.61. The molecule has 0 radical (unpaired) electrons. The number of hydrogen-bond donors (Lipinski definition) is 3. The molecule has 0 bridgehead atoms. The first-order valence-corrected chi connectivity index (χ1v) is 7.87. The molecule has 0 amide bonds. The molecule has 21 heavy (non-hydrogen) atoms. The number of thioether (sulfide) groups is 1. The van der Waals surface area contributed by atoms with Gasteiger partial charge in [0.15, 0.2) is 0 Å². The Bertz CT molecular complexity index is 604. The molecule has 4 N–H and O–H groups in total. The van der Waals surface area contributed by atoms with Gasteiger partial charge in [0.2, 0.25) is 0 Å². The molecule has 0 spiro atoms. The summed E-state index contributed by atoms with van der Waals surface area (Å²) in [6.45, 7) is 4.00. The maximum atomic E-state index is 10.6. The number of carbonyl (C=O) groups is 1. The molecule has 1 aromatic heterocycles. The van der Waals surface area contributed by atoms with Gasteiger partial charge in [-0.15, -0.1) is 0 Å². The Hall–Kier alpha value is -1.79. The van der Waals surface area contributed by atoms with E-state index in [0.29, 0.717) is 17.0 Å². The first-order valence-electron chi connectivity index (χ1n) is 6.71. The molecule has 0 saturated carbocycles. The minimum atomic E-state index is -1.00. The normalized spacial score (nSPS) is 11.6. The fraction of sp³-hybridized carbons (Fsp3) is 0.333. The molecule has 2 aromatic rings. The zero-order valence-corrected chi connectivity index (χ0v) is 12.9. The van der Waals surface area contributed by atoms with E-state index in [-0.39, 0.29) is 5.75 Å². The molecule has 1 heterocycles. The van der Waals surface area contributed by atoms with E-state index in [4.69, 9.17) is 10.8 Å². The van der Waals surface area contributed by atoms with Gasteiger partial charge < -0.3 is 15.9 Å². The zero-order chi connectivity index (χ0) is 15.8.